The lowest BCUT2D eigenvalue weighted by Gasteiger charge is -2.11. The summed E-state index contributed by atoms with van der Waals surface area (Å²) in [4.78, 5) is 11.0. The summed E-state index contributed by atoms with van der Waals surface area (Å²) in [5.74, 6) is -0.408. The van der Waals surface area contributed by atoms with Gasteiger partial charge in [-0.05, 0) is 36.6 Å². The molecule has 1 atom stereocenters. The SMILES string of the molecule is CCC(O)CNCc1ccc(C(N)=O)cc1C. The van der Waals surface area contributed by atoms with Gasteiger partial charge in [0.1, 0.15) is 0 Å². The van der Waals surface area contributed by atoms with E-state index in [1.807, 2.05) is 19.9 Å². The van der Waals surface area contributed by atoms with E-state index in [9.17, 15) is 9.90 Å². The number of amides is 1. The van der Waals surface area contributed by atoms with Gasteiger partial charge in [0.25, 0.3) is 0 Å². The number of benzene rings is 1. The number of rotatable bonds is 6. The van der Waals surface area contributed by atoms with Crippen molar-refractivity contribution in [3.05, 3.63) is 34.9 Å². The second kappa shape index (κ2) is 6.37. The van der Waals surface area contributed by atoms with E-state index in [-0.39, 0.29) is 6.10 Å². The second-order valence-electron chi connectivity index (χ2n) is 4.20. The van der Waals surface area contributed by atoms with Crippen LogP contribution in [0.3, 0.4) is 0 Å². The molecule has 0 bridgehead atoms. The Labute approximate surface area is 102 Å². The Hall–Kier alpha value is -1.39. The van der Waals surface area contributed by atoms with Crippen molar-refractivity contribution in [3.63, 3.8) is 0 Å². The highest BCUT2D eigenvalue weighted by Crippen LogP contribution is 2.10. The quantitative estimate of drug-likeness (QED) is 0.688. The summed E-state index contributed by atoms with van der Waals surface area (Å²) < 4.78 is 0. The van der Waals surface area contributed by atoms with E-state index in [2.05, 4.69) is 5.32 Å². The minimum absolute atomic E-state index is 0.305. The Bertz CT molecular complexity index is 391. The van der Waals surface area contributed by atoms with Crippen LogP contribution in [0.1, 0.15) is 34.8 Å². The number of primary amides is 1. The highest BCUT2D eigenvalue weighted by Gasteiger charge is 2.05. The highest BCUT2D eigenvalue weighted by molar-refractivity contribution is 5.93. The Kier molecular flexibility index (Phi) is 5.12. The maximum absolute atomic E-state index is 11.0. The van der Waals surface area contributed by atoms with E-state index in [4.69, 9.17) is 5.73 Å². The first-order valence-electron chi connectivity index (χ1n) is 5.82. The third-order valence-electron chi connectivity index (χ3n) is 2.79. The molecule has 4 heteroatoms. The molecule has 0 aliphatic heterocycles. The van der Waals surface area contributed by atoms with Gasteiger partial charge in [-0.3, -0.25) is 4.79 Å². The summed E-state index contributed by atoms with van der Waals surface area (Å²) >= 11 is 0. The van der Waals surface area contributed by atoms with Gasteiger partial charge in [-0.15, -0.1) is 0 Å². The lowest BCUT2D eigenvalue weighted by molar-refractivity contribution is 0.1000. The average Bonchev–Trinajstić information content (AvgIpc) is 2.30. The fourth-order valence-corrected chi connectivity index (χ4v) is 1.57. The van der Waals surface area contributed by atoms with Crippen LogP contribution in [0, 0.1) is 6.92 Å². The van der Waals surface area contributed by atoms with Crippen molar-refractivity contribution in [2.24, 2.45) is 5.73 Å². The molecule has 1 aromatic rings. The number of hydrogen-bond acceptors (Lipinski definition) is 3. The number of aliphatic hydroxyl groups excluding tert-OH is 1. The predicted molar refractivity (Wildman–Crippen MR) is 67.7 cm³/mol. The smallest absolute Gasteiger partial charge is 0.248 e. The maximum atomic E-state index is 11.0. The van der Waals surface area contributed by atoms with Crippen molar-refractivity contribution < 1.29 is 9.90 Å². The Balaban J connectivity index is 2.57. The Morgan fingerprint density at radius 3 is 2.76 bits per heavy atom. The number of aliphatic hydroxyl groups is 1. The second-order valence-corrected chi connectivity index (χ2v) is 4.20. The van der Waals surface area contributed by atoms with E-state index < -0.39 is 5.91 Å². The fourth-order valence-electron chi connectivity index (χ4n) is 1.57. The average molecular weight is 236 g/mol. The molecule has 1 rings (SSSR count). The van der Waals surface area contributed by atoms with Crippen LogP contribution in [-0.2, 0) is 6.54 Å². The monoisotopic (exact) mass is 236 g/mol. The summed E-state index contributed by atoms with van der Waals surface area (Å²) in [5, 5.41) is 12.6. The molecule has 0 fully saturated rings. The van der Waals surface area contributed by atoms with Crippen molar-refractivity contribution >= 4 is 5.91 Å². The molecule has 1 unspecified atom stereocenters. The zero-order valence-corrected chi connectivity index (χ0v) is 10.4. The lowest BCUT2D eigenvalue weighted by Crippen LogP contribution is -2.26. The highest BCUT2D eigenvalue weighted by atomic mass is 16.3. The molecule has 1 aromatic carbocycles. The number of nitrogens with two attached hydrogens (primary N) is 1. The van der Waals surface area contributed by atoms with Crippen molar-refractivity contribution in [3.8, 4) is 0 Å². The largest absolute Gasteiger partial charge is 0.392 e. The van der Waals surface area contributed by atoms with Gasteiger partial charge in [0.2, 0.25) is 5.91 Å². The summed E-state index contributed by atoms with van der Waals surface area (Å²) in [7, 11) is 0. The molecule has 94 valence electrons. The molecule has 0 saturated heterocycles. The number of carbonyl (C=O) groups excluding carboxylic acids is 1. The lowest BCUT2D eigenvalue weighted by atomic mass is 10.0. The molecule has 0 radical (unpaired) electrons. The van der Waals surface area contributed by atoms with Gasteiger partial charge in [0, 0.05) is 18.7 Å². The first-order chi connectivity index (χ1) is 8.04. The summed E-state index contributed by atoms with van der Waals surface area (Å²) in [6.07, 6.45) is 0.437. The van der Waals surface area contributed by atoms with E-state index in [0.29, 0.717) is 18.7 Å². The molecule has 4 N–H and O–H groups in total. The topological polar surface area (TPSA) is 75.3 Å². The van der Waals surface area contributed by atoms with Crippen LogP contribution < -0.4 is 11.1 Å². The zero-order valence-electron chi connectivity index (χ0n) is 10.4. The van der Waals surface area contributed by atoms with E-state index >= 15 is 0 Å². The molecule has 0 heterocycles. The van der Waals surface area contributed by atoms with Gasteiger partial charge < -0.3 is 16.2 Å². The van der Waals surface area contributed by atoms with Gasteiger partial charge in [-0.25, -0.2) is 0 Å². The minimum Gasteiger partial charge on any atom is -0.392 e. The molecular weight excluding hydrogens is 216 g/mol. The first-order valence-corrected chi connectivity index (χ1v) is 5.82. The first kappa shape index (κ1) is 13.7. The number of nitrogens with one attached hydrogen (secondary N) is 1. The van der Waals surface area contributed by atoms with E-state index in [1.54, 1.807) is 12.1 Å². The number of aryl methyl sites for hydroxylation is 1. The standard InChI is InChI=1S/C13H20N2O2/c1-3-12(16)8-15-7-11-5-4-10(13(14)17)6-9(11)2/h4-6,12,15-16H,3,7-8H2,1-2H3,(H2,14,17). The zero-order chi connectivity index (χ0) is 12.8. The van der Waals surface area contributed by atoms with Crippen molar-refractivity contribution in [2.75, 3.05) is 6.54 Å². The number of carbonyl (C=O) groups is 1. The van der Waals surface area contributed by atoms with Gasteiger partial charge in [0.15, 0.2) is 0 Å². The summed E-state index contributed by atoms with van der Waals surface area (Å²) in [6.45, 7) is 5.15. The van der Waals surface area contributed by atoms with Gasteiger partial charge in [-0.2, -0.15) is 0 Å². The van der Waals surface area contributed by atoms with Crippen LogP contribution in [0.5, 0.6) is 0 Å². The molecular formula is C13H20N2O2. The number of hydrogen-bond donors (Lipinski definition) is 3. The van der Waals surface area contributed by atoms with Crippen molar-refractivity contribution in [1.29, 1.82) is 0 Å². The third kappa shape index (κ3) is 4.17. The summed E-state index contributed by atoms with van der Waals surface area (Å²) in [6, 6.07) is 5.40. The Morgan fingerprint density at radius 1 is 1.53 bits per heavy atom. The van der Waals surface area contributed by atoms with Crippen LogP contribution >= 0.6 is 0 Å². The van der Waals surface area contributed by atoms with Crippen molar-refractivity contribution in [1.82, 2.24) is 5.32 Å². The van der Waals surface area contributed by atoms with Crippen LogP contribution in [0.25, 0.3) is 0 Å². The van der Waals surface area contributed by atoms with E-state index in [1.165, 1.54) is 0 Å². The van der Waals surface area contributed by atoms with Gasteiger partial charge in [0.05, 0.1) is 6.10 Å². The molecule has 0 aliphatic carbocycles. The fraction of sp³-hybridized carbons (Fsp3) is 0.462. The maximum Gasteiger partial charge on any atom is 0.248 e. The molecule has 17 heavy (non-hydrogen) atoms. The van der Waals surface area contributed by atoms with Crippen LogP contribution in [0.2, 0.25) is 0 Å². The molecule has 0 aliphatic rings. The molecule has 0 saturated carbocycles. The molecule has 0 aromatic heterocycles. The molecule has 4 nitrogen and oxygen atoms in total. The van der Waals surface area contributed by atoms with Crippen LogP contribution in [-0.4, -0.2) is 23.7 Å². The van der Waals surface area contributed by atoms with Crippen molar-refractivity contribution in [2.45, 2.75) is 32.9 Å². The molecule has 1 amide bonds. The van der Waals surface area contributed by atoms with Gasteiger partial charge >= 0.3 is 0 Å². The third-order valence-corrected chi connectivity index (χ3v) is 2.79. The van der Waals surface area contributed by atoms with Crippen LogP contribution in [0.4, 0.5) is 0 Å². The summed E-state index contributed by atoms with van der Waals surface area (Å²) in [5.41, 5.74) is 7.87. The predicted octanol–water partition coefficient (Wildman–Crippen LogP) is 0.954. The normalized spacial score (nSPS) is 12.4. The van der Waals surface area contributed by atoms with E-state index in [0.717, 1.165) is 17.5 Å². The molecule has 0 spiro atoms. The van der Waals surface area contributed by atoms with Gasteiger partial charge in [-0.1, -0.05) is 13.0 Å². The Morgan fingerprint density at radius 2 is 2.24 bits per heavy atom. The van der Waals surface area contributed by atoms with Crippen LogP contribution in [0.15, 0.2) is 18.2 Å². The minimum atomic E-state index is -0.408.